The standard InChI is InChI=1S/C19H23N2O7P/c1-4-14(2)26-19(22)15(3)20-29(25,27-17-8-6-5-7-9-17)28-18-12-10-16(11-13-18)21(23)24/h5-15H,4H2,1-3H3,(H,20,25)/t14-,15+,29?/m1/s1. The van der Waals surface area contributed by atoms with Crippen molar-refractivity contribution in [2.45, 2.75) is 39.3 Å². The van der Waals surface area contributed by atoms with Crippen LogP contribution in [0.2, 0.25) is 0 Å². The number of benzene rings is 2. The van der Waals surface area contributed by atoms with E-state index in [1.807, 2.05) is 6.92 Å². The Bertz CT molecular complexity index is 874. The predicted octanol–water partition coefficient (Wildman–Crippen LogP) is 4.48. The van der Waals surface area contributed by atoms with Crippen molar-refractivity contribution in [2.75, 3.05) is 0 Å². The Hall–Kier alpha value is -2.90. The number of nitro groups is 1. The molecule has 3 atom stereocenters. The summed E-state index contributed by atoms with van der Waals surface area (Å²) in [6, 6.07) is 12.3. The molecule has 156 valence electrons. The largest absolute Gasteiger partial charge is 0.513 e. The first kappa shape index (κ1) is 22.4. The van der Waals surface area contributed by atoms with Crippen molar-refractivity contribution in [3.8, 4) is 11.5 Å². The Labute approximate surface area is 168 Å². The molecule has 0 aliphatic carbocycles. The minimum absolute atomic E-state index is 0.0739. The van der Waals surface area contributed by atoms with Gasteiger partial charge in [-0.05, 0) is 44.5 Å². The molecule has 0 aromatic heterocycles. The highest BCUT2D eigenvalue weighted by molar-refractivity contribution is 7.52. The first-order valence-electron chi connectivity index (χ1n) is 8.99. The van der Waals surface area contributed by atoms with Gasteiger partial charge in [-0.15, -0.1) is 0 Å². The minimum atomic E-state index is -4.08. The zero-order valence-corrected chi connectivity index (χ0v) is 17.2. The quantitative estimate of drug-likeness (QED) is 0.258. The molecule has 1 unspecified atom stereocenters. The Morgan fingerprint density at radius 1 is 1.07 bits per heavy atom. The molecule has 0 spiro atoms. The van der Waals surface area contributed by atoms with Gasteiger partial charge < -0.3 is 13.8 Å². The number of rotatable bonds is 10. The van der Waals surface area contributed by atoms with E-state index >= 15 is 0 Å². The van der Waals surface area contributed by atoms with Crippen LogP contribution >= 0.6 is 7.75 Å². The van der Waals surface area contributed by atoms with E-state index in [1.165, 1.54) is 31.2 Å². The Kier molecular flexibility index (Phi) is 7.75. The second-order valence-corrected chi connectivity index (χ2v) is 7.87. The van der Waals surface area contributed by atoms with Crippen LogP contribution in [0.1, 0.15) is 27.2 Å². The highest BCUT2D eigenvalue weighted by Gasteiger charge is 2.34. The van der Waals surface area contributed by atoms with Gasteiger partial charge in [0.2, 0.25) is 0 Å². The topological polar surface area (TPSA) is 117 Å². The van der Waals surface area contributed by atoms with E-state index < -0.39 is 24.7 Å². The smallest absolute Gasteiger partial charge is 0.462 e. The number of para-hydroxylation sites is 1. The summed E-state index contributed by atoms with van der Waals surface area (Å²) < 4.78 is 29.6. The van der Waals surface area contributed by atoms with Crippen LogP contribution in [0.3, 0.4) is 0 Å². The van der Waals surface area contributed by atoms with Gasteiger partial charge in [-0.2, -0.15) is 5.09 Å². The maximum Gasteiger partial charge on any atom is 0.513 e. The summed E-state index contributed by atoms with van der Waals surface area (Å²) in [6.45, 7) is 5.10. The predicted molar refractivity (Wildman–Crippen MR) is 107 cm³/mol. The van der Waals surface area contributed by atoms with Crippen LogP contribution in [0.25, 0.3) is 0 Å². The molecule has 0 bridgehead atoms. The van der Waals surface area contributed by atoms with Gasteiger partial charge in [0, 0.05) is 12.1 Å². The second-order valence-electron chi connectivity index (χ2n) is 6.25. The molecule has 0 fully saturated rings. The summed E-state index contributed by atoms with van der Waals surface area (Å²) in [7, 11) is -4.08. The number of nitro benzene ring substituents is 1. The molecule has 29 heavy (non-hydrogen) atoms. The SMILES string of the molecule is CC[C@@H](C)OC(=O)[C@H](C)NP(=O)(Oc1ccccc1)Oc1ccc([N+](=O)[O-])cc1. The Morgan fingerprint density at radius 2 is 1.62 bits per heavy atom. The maximum atomic E-state index is 13.3. The van der Waals surface area contributed by atoms with Crippen LogP contribution in [-0.2, 0) is 14.1 Å². The fourth-order valence-corrected chi connectivity index (χ4v) is 3.65. The number of hydrogen-bond donors (Lipinski definition) is 1. The van der Waals surface area contributed by atoms with Gasteiger partial charge in [0.15, 0.2) is 0 Å². The molecular formula is C19H23N2O7P. The molecule has 0 heterocycles. The highest BCUT2D eigenvalue weighted by atomic mass is 31.2. The van der Waals surface area contributed by atoms with Gasteiger partial charge in [-0.1, -0.05) is 25.1 Å². The normalized spacial score (nSPS) is 14.9. The van der Waals surface area contributed by atoms with Crippen molar-refractivity contribution in [3.63, 3.8) is 0 Å². The van der Waals surface area contributed by atoms with Crippen LogP contribution in [0, 0.1) is 10.1 Å². The first-order chi connectivity index (χ1) is 13.7. The van der Waals surface area contributed by atoms with Crippen LogP contribution in [0.15, 0.2) is 54.6 Å². The number of nitrogens with one attached hydrogen (secondary N) is 1. The van der Waals surface area contributed by atoms with E-state index in [2.05, 4.69) is 5.09 Å². The molecule has 0 aliphatic rings. The third kappa shape index (κ3) is 6.89. The molecule has 9 nitrogen and oxygen atoms in total. The average molecular weight is 422 g/mol. The van der Waals surface area contributed by atoms with Gasteiger partial charge in [-0.25, -0.2) is 4.57 Å². The summed E-state index contributed by atoms with van der Waals surface area (Å²) in [5, 5.41) is 13.4. The lowest BCUT2D eigenvalue weighted by atomic mass is 10.3. The molecule has 0 aliphatic heterocycles. The third-order valence-corrected chi connectivity index (χ3v) is 5.45. The van der Waals surface area contributed by atoms with Gasteiger partial charge in [-0.3, -0.25) is 14.9 Å². The average Bonchev–Trinajstić information content (AvgIpc) is 2.68. The fraction of sp³-hybridized carbons (Fsp3) is 0.316. The van der Waals surface area contributed by atoms with Crippen molar-refractivity contribution in [1.29, 1.82) is 0 Å². The van der Waals surface area contributed by atoms with Crippen molar-refractivity contribution >= 4 is 19.4 Å². The zero-order valence-electron chi connectivity index (χ0n) is 16.3. The number of nitrogens with zero attached hydrogens (tertiary/aromatic N) is 1. The van der Waals surface area contributed by atoms with Crippen molar-refractivity contribution in [3.05, 3.63) is 64.7 Å². The number of non-ortho nitro benzene ring substituents is 1. The van der Waals surface area contributed by atoms with Crippen LogP contribution in [0.5, 0.6) is 11.5 Å². The summed E-state index contributed by atoms with van der Waals surface area (Å²) in [6.07, 6.45) is 0.340. The minimum Gasteiger partial charge on any atom is -0.462 e. The first-order valence-corrected chi connectivity index (χ1v) is 10.5. The number of hydrogen-bond acceptors (Lipinski definition) is 7. The number of carbonyl (C=O) groups is 1. The summed E-state index contributed by atoms with van der Waals surface area (Å²) >= 11 is 0. The molecule has 2 aromatic carbocycles. The van der Waals surface area contributed by atoms with Gasteiger partial charge in [0.1, 0.15) is 17.5 Å². The van der Waals surface area contributed by atoms with E-state index in [-0.39, 0.29) is 23.3 Å². The van der Waals surface area contributed by atoms with Gasteiger partial charge >= 0.3 is 13.7 Å². The second kappa shape index (κ2) is 10.0. The fourth-order valence-electron chi connectivity index (χ4n) is 2.13. The van der Waals surface area contributed by atoms with Crippen molar-refractivity contribution in [1.82, 2.24) is 5.09 Å². The molecule has 0 saturated carbocycles. The zero-order chi connectivity index (χ0) is 21.4. The van der Waals surface area contributed by atoms with E-state index in [0.717, 1.165) is 0 Å². The van der Waals surface area contributed by atoms with Crippen LogP contribution < -0.4 is 14.1 Å². The van der Waals surface area contributed by atoms with Crippen LogP contribution in [-0.4, -0.2) is 23.0 Å². The lowest BCUT2D eigenvalue weighted by Crippen LogP contribution is -2.37. The Morgan fingerprint density at radius 3 is 2.14 bits per heavy atom. The highest BCUT2D eigenvalue weighted by Crippen LogP contribution is 2.45. The van der Waals surface area contributed by atoms with Crippen molar-refractivity contribution < 1.29 is 28.1 Å². The molecule has 0 saturated heterocycles. The molecule has 2 rings (SSSR count). The van der Waals surface area contributed by atoms with E-state index in [1.54, 1.807) is 37.3 Å². The summed E-state index contributed by atoms with van der Waals surface area (Å²) in [4.78, 5) is 22.5. The van der Waals surface area contributed by atoms with E-state index in [4.69, 9.17) is 13.8 Å². The van der Waals surface area contributed by atoms with Crippen molar-refractivity contribution in [2.24, 2.45) is 0 Å². The monoisotopic (exact) mass is 422 g/mol. The number of esters is 1. The third-order valence-electron chi connectivity index (χ3n) is 3.84. The summed E-state index contributed by atoms with van der Waals surface area (Å²) in [5.41, 5.74) is -0.144. The molecule has 1 N–H and O–H groups in total. The lowest BCUT2D eigenvalue weighted by Gasteiger charge is -2.23. The molecule has 0 radical (unpaired) electrons. The Balaban J connectivity index is 2.22. The van der Waals surface area contributed by atoms with E-state index in [0.29, 0.717) is 6.42 Å². The molecule has 10 heteroatoms. The molecule has 0 amide bonds. The number of ether oxygens (including phenoxy) is 1. The molecular weight excluding hydrogens is 399 g/mol. The van der Waals surface area contributed by atoms with E-state index in [9.17, 15) is 19.5 Å². The molecule has 2 aromatic rings. The summed E-state index contributed by atoms with van der Waals surface area (Å²) in [5.74, 6) is -0.277. The number of carbonyl (C=O) groups excluding carboxylic acids is 1. The van der Waals surface area contributed by atoms with Gasteiger partial charge in [0.25, 0.3) is 5.69 Å². The van der Waals surface area contributed by atoms with Gasteiger partial charge in [0.05, 0.1) is 11.0 Å². The van der Waals surface area contributed by atoms with Crippen LogP contribution in [0.4, 0.5) is 5.69 Å². The lowest BCUT2D eigenvalue weighted by molar-refractivity contribution is -0.384. The maximum absolute atomic E-state index is 13.3.